The lowest BCUT2D eigenvalue weighted by Gasteiger charge is -2.42. The zero-order valence-electron chi connectivity index (χ0n) is 17.4. The first kappa shape index (κ1) is 20.3. The largest absolute Gasteiger partial charge is 0.478 e. The third kappa shape index (κ3) is 3.50. The van der Waals surface area contributed by atoms with Gasteiger partial charge >= 0.3 is 5.97 Å². The highest BCUT2D eigenvalue weighted by molar-refractivity contribution is 5.89. The van der Waals surface area contributed by atoms with Crippen LogP contribution in [0.4, 0.5) is 4.39 Å². The molecule has 2 aromatic rings. The van der Waals surface area contributed by atoms with Crippen molar-refractivity contribution in [2.75, 3.05) is 0 Å². The summed E-state index contributed by atoms with van der Waals surface area (Å²) in [6.07, 6.45) is 1.04. The van der Waals surface area contributed by atoms with E-state index in [1.807, 2.05) is 6.07 Å². The Morgan fingerprint density at radius 3 is 1.93 bits per heavy atom. The van der Waals surface area contributed by atoms with Crippen LogP contribution < -0.4 is 0 Å². The maximum atomic E-state index is 14.6. The Balaban J connectivity index is 2.17. The van der Waals surface area contributed by atoms with Crippen molar-refractivity contribution in [1.82, 2.24) is 0 Å². The lowest BCUT2D eigenvalue weighted by molar-refractivity contribution is 0.0697. The van der Waals surface area contributed by atoms with E-state index in [0.717, 1.165) is 29.5 Å². The monoisotopic (exact) mass is 380 g/mol. The molecule has 0 saturated carbocycles. The summed E-state index contributed by atoms with van der Waals surface area (Å²) in [7, 11) is 0. The number of benzene rings is 2. The van der Waals surface area contributed by atoms with Gasteiger partial charge in [-0.1, -0.05) is 52.5 Å². The molecule has 28 heavy (non-hydrogen) atoms. The summed E-state index contributed by atoms with van der Waals surface area (Å²) in [5.41, 5.74) is 5.72. The molecule has 0 radical (unpaired) electrons. The van der Waals surface area contributed by atoms with Crippen LogP contribution in [0, 0.1) is 0 Å². The Morgan fingerprint density at radius 2 is 1.46 bits per heavy atom. The van der Waals surface area contributed by atoms with Crippen LogP contribution in [0.15, 0.2) is 43.0 Å². The summed E-state index contributed by atoms with van der Waals surface area (Å²) in [5, 5.41) is 9.12. The number of hydrogen-bond acceptors (Lipinski definition) is 1. The molecular weight excluding hydrogens is 351 g/mol. The molecule has 1 atom stereocenters. The van der Waals surface area contributed by atoms with Crippen LogP contribution >= 0.6 is 0 Å². The van der Waals surface area contributed by atoms with E-state index in [1.54, 1.807) is 31.2 Å². The Hall–Kier alpha value is -2.42. The van der Waals surface area contributed by atoms with E-state index in [0.29, 0.717) is 5.56 Å². The first-order valence-corrected chi connectivity index (χ1v) is 9.80. The number of alkyl halides is 1. The normalized spacial score (nSPS) is 18.2. The van der Waals surface area contributed by atoms with Gasteiger partial charge in [0.1, 0.15) is 6.17 Å². The van der Waals surface area contributed by atoms with E-state index >= 15 is 0 Å². The van der Waals surface area contributed by atoms with Gasteiger partial charge in [-0.25, -0.2) is 9.18 Å². The number of aromatic carboxylic acids is 1. The molecule has 0 aromatic heterocycles. The summed E-state index contributed by atoms with van der Waals surface area (Å²) in [4.78, 5) is 11.1. The Bertz CT molecular complexity index is 934. The molecule has 3 heteroatoms. The van der Waals surface area contributed by atoms with Crippen molar-refractivity contribution in [1.29, 1.82) is 0 Å². The number of fused-ring (bicyclic) bond motifs is 1. The molecule has 0 fully saturated rings. The van der Waals surface area contributed by atoms with Crippen molar-refractivity contribution in [3.63, 3.8) is 0 Å². The molecule has 0 amide bonds. The number of carboxylic acids is 1. The Labute approximate surface area is 167 Å². The lowest BCUT2D eigenvalue weighted by Crippen LogP contribution is -2.34. The minimum atomic E-state index is -1.11. The molecule has 1 aliphatic rings. The van der Waals surface area contributed by atoms with Gasteiger partial charge in [-0.05, 0) is 82.2 Å². The zero-order chi connectivity index (χ0) is 20.9. The van der Waals surface area contributed by atoms with Crippen LogP contribution in [-0.4, -0.2) is 11.1 Å². The van der Waals surface area contributed by atoms with Gasteiger partial charge in [0.15, 0.2) is 0 Å². The van der Waals surface area contributed by atoms with Crippen molar-refractivity contribution in [3.05, 3.63) is 76.4 Å². The van der Waals surface area contributed by atoms with Crippen LogP contribution in [0.3, 0.4) is 0 Å². The van der Waals surface area contributed by atoms with Gasteiger partial charge in [0.2, 0.25) is 0 Å². The molecule has 3 rings (SSSR count). The molecule has 2 nitrogen and oxygen atoms in total. The van der Waals surface area contributed by atoms with Gasteiger partial charge in [-0.3, -0.25) is 0 Å². The van der Waals surface area contributed by atoms with Crippen LogP contribution in [-0.2, 0) is 10.8 Å². The van der Waals surface area contributed by atoms with E-state index in [-0.39, 0.29) is 16.4 Å². The third-order valence-corrected chi connectivity index (χ3v) is 6.26. The Morgan fingerprint density at radius 1 is 1.00 bits per heavy atom. The van der Waals surface area contributed by atoms with Gasteiger partial charge in [-0.2, -0.15) is 0 Å². The maximum absolute atomic E-state index is 14.6. The van der Waals surface area contributed by atoms with Crippen molar-refractivity contribution < 1.29 is 14.3 Å². The van der Waals surface area contributed by atoms with Crippen molar-refractivity contribution in [2.45, 2.75) is 64.5 Å². The highest BCUT2D eigenvalue weighted by atomic mass is 19.1. The van der Waals surface area contributed by atoms with Gasteiger partial charge in [0.05, 0.1) is 5.56 Å². The standard InChI is InChI=1S/C25H29FO2/c1-15(17-7-9-18(10-8-17)23(27)28)19-13-21-22(14-20(19)16(2)26)25(5,6)12-11-24(21,3)4/h7-10,13-14,16H,1,11-12H2,2-6H3,(H,27,28). The lowest BCUT2D eigenvalue weighted by atomic mass is 9.62. The van der Waals surface area contributed by atoms with E-state index in [1.165, 1.54) is 11.1 Å². The molecule has 1 unspecified atom stereocenters. The van der Waals surface area contributed by atoms with Crippen LogP contribution in [0.2, 0.25) is 0 Å². The fourth-order valence-electron chi connectivity index (χ4n) is 4.19. The topological polar surface area (TPSA) is 37.3 Å². The maximum Gasteiger partial charge on any atom is 0.335 e. The van der Waals surface area contributed by atoms with Crippen molar-refractivity contribution in [3.8, 4) is 0 Å². The highest BCUT2D eigenvalue weighted by Crippen LogP contribution is 2.48. The first-order chi connectivity index (χ1) is 12.9. The van der Waals surface area contributed by atoms with Gasteiger partial charge < -0.3 is 5.11 Å². The van der Waals surface area contributed by atoms with E-state index in [4.69, 9.17) is 5.11 Å². The molecule has 0 heterocycles. The number of carboxylic acid groups (broad SMARTS) is 1. The number of carbonyl (C=O) groups is 1. The van der Waals surface area contributed by atoms with E-state index in [9.17, 15) is 9.18 Å². The number of hydrogen-bond donors (Lipinski definition) is 1. The summed E-state index contributed by atoms with van der Waals surface area (Å²) in [5.74, 6) is -0.965. The number of rotatable bonds is 4. The molecule has 0 spiro atoms. The second-order valence-electron chi connectivity index (χ2n) is 9.23. The second kappa shape index (κ2) is 6.88. The third-order valence-electron chi connectivity index (χ3n) is 6.26. The van der Waals surface area contributed by atoms with Crippen molar-refractivity contribution in [2.24, 2.45) is 0 Å². The number of halogens is 1. The quantitative estimate of drug-likeness (QED) is 0.631. The SMILES string of the molecule is C=C(c1ccc(C(=O)O)cc1)c1cc2c(cc1C(C)F)C(C)(C)CCC2(C)C. The van der Waals surface area contributed by atoms with E-state index in [2.05, 4.69) is 40.3 Å². The van der Waals surface area contributed by atoms with Gasteiger partial charge in [0, 0.05) is 0 Å². The minimum absolute atomic E-state index is 0.0114. The average molecular weight is 381 g/mol. The predicted octanol–water partition coefficient (Wildman–Crippen LogP) is 6.83. The van der Waals surface area contributed by atoms with Gasteiger partial charge in [0.25, 0.3) is 0 Å². The molecule has 1 aliphatic carbocycles. The fourth-order valence-corrected chi connectivity index (χ4v) is 4.19. The summed E-state index contributed by atoms with van der Waals surface area (Å²) < 4.78 is 14.6. The van der Waals surface area contributed by atoms with Crippen molar-refractivity contribution >= 4 is 11.5 Å². The molecule has 2 aromatic carbocycles. The van der Waals surface area contributed by atoms with Crippen LogP contribution in [0.1, 0.15) is 91.8 Å². The van der Waals surface area contributed by atoms with Crippen LogP contribution in [0.25, 0.3) is 5.57 Å². The Kier molecular flexibility index (Phi) is 4.99. The summed E-state index contributed by atoms with van der Waals surface area (Å²) >= 11 is 0. The smallest absolute Gasteiger partial charge is 0.335 e. The summed E-state index contributed by atoms with van der Waals surface area (Å²) in [6, 6.07) is 10.8. The zero-order valence-corrected chi connectivity index (χ0v) is 17.4. The molecule has 0 bridgehead atoms. The molecule has 0 aliphatic heterocycles. The minimum Gasteiger partial charge on any atom is -0.478 e. The molecule has 0 saturated heterocycles. The van der Waals surface area contributed by atoms with Gasteiger partial charge in [-0.15, -0.1) is 0 Å². The molecular formula is C25H29FO2. The van der Waals surface area contributed by atoms with E-state index < -0.39 is 12.1 Å². The predicted molar refractivity (Wildman–Crippen MR) is 113 cm³/mol. The average Bonchev–Trinajstić information content (AvgIpc) is 2.64. The highest BCUT2D eigenvalue weighted by Gasteiger charge is 2.38. The first-order valence-electron chi connectivity index (χ1n) is 9.80. The fraction of sp³-hybridized carbons (Fsp3) is 0.400. The van der Waals surface area contributed by atoms with Crippen LogP contribution in [0.5, 0.6) is 0 Å². The molecule has 148 valence electrons. The molecule has 1 N–H and O–H groups in total. The second-order valence-corrected chi connectivity index (χ2v) is 9.23. The summed E-state index contributed by atoms with van der Waals surface area (Å²) in [6.45, 7) is 14.7.